The number of rotatable bonds is 6. The third kappa shape index (κ3) is 4.91. The van der Waals surface area contributed by atoms with Crippen molar-refractivity contribution in [3.63, 3.8) is 0 Å². The van der Waals surface area contributed by atoms with Crippen molar-refractivity contribution in [3.05, 3.63) is 23.8 Å². The lowest BCUT2D eigenvalue weighted by Crippen LogP contribution is -2.36. The summed E-state index contributed by atoms with van der Waals surface area (Å²) < 4.78 is 5.52. The van der Waals surface area contributed by atoms with Crippen molar-refractivity contribution in [1.82, 2.24) is 0 Å². The summed E-state index contributed by atoms with van der Waals surface area (Å²) in [6, 6.07) is 5.20. The van der Waals surface area contributed by atoms with Crippen LogP contribution in [0.3, 0.4) is 0 Å². The molecule has 0 radical (unpaired) electrons. The van der Waals surface area contributed by atoms with E-state index in [0.29, 0.717) is 30.4 Å². The Balaban J connectivity index is 2.78. The van der Waals surface area contributed by atoms with E-state index in [4.69, 9.17) is 10.5 Å². The van der Waals surface area contributed by atoms with E-state index in [9.17, 15) is 4.79 Å². The van der Waals surface area contributed by atoms with E-state index in [2.05, 4.69) is 5.32 Å². The number of carbonyl (C=O) groups excluding carboxylic acids is 1. The Labute approximate surface area is 115 Å². The first-order valence-electron chi connectivity index (χ1n) is 6.74. The molecule has 0 aromatic heterocycles. The summed E-state index contributed by atoms with van der Waals surface area (Å²) in [5, 5.41) is 2.84. The second-order valence-electron chi connectivity index (χ2n) is 5.16. The molecule has 0 unspecified atom stereocenters. The summed E-state index contributed by atoms with van der Waals surface area (Å²) in [6.45, 7) is 8.55. The van der Waals surface area contributed by atoms with Crippen LogP contribution in [0.1, 0.15) is 32.8 Å². The first kappa shape index (κ1) is 15.5. The lowest BCUT2D eigenvalue weighted by Gasteiger charge is -2.16. The minimum atomic E-state index is -0.490. The summed E-state index contributed by atoms with van der Waals surface area (Å²) in [4.78, 5) is 12.0. The average molecular weight is 264 g/mol. The number of aryl methyl sites for hydroxylation is 1. The van der Waals surface area contributed by atoms with Crippen LogP contribution < -0.4 is 15.8 Å². The second kappa shape index (κ2) is 7.14. The van der Waals surface area contributed by atoms with Gasteiger partial charge in [-0.25, -0.2) is 0 Å². The third-order valence-electron chi connectivity index (χ3n) is 2.76. The predicted octanol–water partition coefficient (Wildman–Crippen LogP) is 2.71. The first-order chi connectivity index (χ1) is 8.93. The van der Waals surface area contributed by atoms with Gasteiger partial charge in [0, 0.05) is 0 Å². The Kier molecular flexibility index (Phi) is 5.83. The second-order valence-corrected chi connectivity index (χ2v) is 5.16. The zero-order valence-electron chi connectivity index (χ0n) is 12.2. The average Bonchev–Trinajstić information content (AvgIpc) is 2.32. The number of ether oxygens (including phenoxy) is 1. The molecule has 0 aliphatic rings. The van der Waals surface area contributed by atoms with Crippen molar-refractivity contribution in [1.29, 1.82) is 0 Å². The number of hydrogen-bond acceptors (Lipinski definition) is 3. The van der Waals surface area contributed by atoms with E-state index >= 15 is 0 Å². The Bertz CT molecular complexity index is 430. The van der Waals surface area contributed by atoms with Crippen LogP contribution in [0, 0.1) is 12.8 Å². The van der Waals surface area contributed by atoms with Crippen molar-refractivity contribution in [2.45, 2.75) is 40.2 Å². The maximum atomic E-state index is 12.0. The predicted molar refractivity (Wildman–Crippen MR) is 78.4 cm³/mol. The normalized spacial score (nSPS) is 12.3. The molecule has 1 aromatic rings. The molecule has 1 atom stereocenters. The monoisotopic (exact) mass is 264 g/mol. The number of benzene rings is 1. The Morgan fingerprint density at radius 3 is 2.68 bits per heavy atom. The van der Waals surface area contributed by atoms with E-state index in [0.717, 1.165) is 5.56 Å². The van der Waals surface area contributed by atoms with Gasteiger partial charge in [-0.05, 0) is 43.9 Å². The highest BCUT2D eigenvalue weighted by atomic mass is 16.5. The molecule has 0 saturated carbocycles. The van der Waals surface area contributed by atoms with Crippen molar-refractivity contribution >= 4 is 11.6 Å². The number of nitrogens with one attached hydrogen (secondary N) is 1. The largest absolute Gasteiger partial charge is 0.492 e. The van der Waals surface area contributed by atoms with Gasteiger partial charge in [-0.2, -0.15) is 0 Å². The number of nitrogens with two attached hydrogens (primary N) is 1. The van der Waals surface area contributed by atoms with Crippen molar-refractivity contribution < 1.29 is 9.53 Å². The van der Waals surface area contributed by atoms with Gasteiger partial charge in [0.1, 0.15) is 5.75 Å². The lowest BCUT2D eigenvalue weighted by atomic mass is 10.0. The topological polar surface area (TPSA) is 64.3 Å². The quantitative estimate of drug-likeness (QED) is 0.830. The molecule has 106 valence electrons. The summed E-state index contributed by atoms with van der Waals surface area (Å²) in [7, 11) is 0. The van der Waals surface area contributed by atoms with E-state index in [1.165, 1.54) is 0 Å². The maximum Gasteiger partial charge on any atom is 0.241 e. The van der Waals surface area contributed by atoms with Crippen molar-refractivity contribution in [2.24, 2.45) is 11.7 Å². The van der Waals surface area contributed by atoms with Gasteiger partial charge < -0.3 is 15.8 Å². The standard InChI is InChI=1S/C15H24N2O2/c1-5-19-14-9-11(4)6-7-13(14)17-15(18)12(16)8-10(2)3/h6-7,9-10,12H,5,8,16H2,1-4H3,(H,17,18)/t12-/m0/s1. The first-order valence-corrected chi connectivity index (χ1v) is 6.74. The Morgan fingerprint density at radius 1 is 1.42 bits per heavy atom. The third-order valence-corrected chi connectivity index (χ3v) is 2.76. The number of carbonyl (C=O) groups is 1. The molecule has 0 aliphatic heterocycles. The number of amides is 1. The van der Waals surface area contributed by atoms with Crippen LogP contribution in [-0.4, -0.2) is 18.6 Å². The molecule has 0 bridgehead atoms. The lowest BCUT2D eigenvalue weighted by molar-refractivity contribution is -0.117. The molecule has 0 saturated heterocycles. The van der Waals surface area contributed by atoms with Gasteiger partial charge in [0.2, 0.25) is 5.91 Å². The van der Waals surface area contributed by atoms with Crippen molar-refractivity contribution in [2.75, 3.05) is 11.9 Å². The fraction of sp³-hybridized carbons (Fsp3) is 0.533. The molecule has 0 spiro atoms. The highest BCUT2D eigenvalue weighted by molar-refractivity contribution is 5.95. The zero-order chi connectivity index (χ0) is 14.4. The van der Waals surface area contributed by atoms with E-state index in [1.54, 1.807) is 0 Å². The number of anilines is 1. The molecular weight excluding hydrogens is 240 g/mol. The molecular formula is C15H24N2O2. The highest BCUT2D eigenvalue weighted by Gasteiger charge is 2.16. The van der Waals surface area contributed by atoms with Crippen LogP contribution >= 0.6 is 0 Å². The summed E-state index contributed by atoms with van der Waals surface area (Å²) in [6.07, 6.45) is 0.668. The van der Waals surface area contributed by atoms with Gasteiger partial charge in [-0.15, -0.1) is 0 Å². The molecule has 0 aliphatic carbocycles. The molecule has 0 fully saturated rings. The molecule has 1 amide bonds. The molecule has 3 N–H and O–H groups in total. The van der Waals surface area contributed by atoms with Crippen LogP contribution in [0.2, 0.25) is 0 Å². The van der Waals surface area contributed by atoms with E-state index in [1.807, 2.05) is 45.9 Å². The minimum Gasteiger partial charge on any atom is -0.492 e. The van der Waals surface area contributed by atoms with Crippen LogP contribution in [0.15, 0.2) is 18.2 Å². The SMILES string of the molecule is CCOc1cc(C)ccc1NC(=O)[C@@H](N)CC(C)C. The maximum absolute atomic E-state index is 12.0. The van der Waals surface area contributed by atoms with Gasteiger partial charge in [-0.1, -0.05) is 19.9 Å². The summed E-state index contributed by atoms with van der Waals surface area (Å²) >= 11 is 0. The smallest absolute Gasteiger partial charge is 0.241 e. The fourth-order valence-electron chi connectivity index (χ4n) is 1.85. The van der Waals surface area contributed by atoms with Crippen LogP contribution in [0.5, 0.6) is 5.75 Å². The van der Waals surface area contributed by atoms with Gasteiger partial charge in [0.15, 0.2) is 0 Å². The minimum absolute atomic E-state index is 0.168. The van der Waals surface area contributed by atoms with E-state index < -0.39 is 6.04 Å². The molecule has 4 heteroatoms. The number of hydrogen-bond donors (Lipinski definition) is 2. The van der Waals surface area contributed by atoms with Crippen molar-refractivity contribution in [3.8, 4) is 5.75 Å². The Morgan fingerprint density at radius 2 is 2.11 bits per heavy atom. The van der Waals surface area contributed by atoms with Crippen LogP contribution in [-0.2, 0) is 4.79 Å². The van der Waals surface area contributed by atoms with Crippen LogP contribution in [0.25, 0.3) is 0 Å². The highest BCUT2D eigenvalue weighted by Crippen LogP contribution is 2.26. The summed E-state index contributed by atoms with van der Waals surface area (Å²) in [5.74, 6) is 0.913. The van der Waals surface area contributed by atoms with E-state index in [-0.39, 0.29) is 5.91 Å². The molecule has 1 aromatic carbocycles. The van der Waals surface area contributed by atoms with Gasteiger partial charge >= 0.3 is 0 Å². The Hall–Kier alpha value is -1.55. The van der Waals surface area contributed by atoms with Gasteiger partial charge in [-0.3, -0.25) is 4.79 Å². The molecule has 0 heterocycles. The molecule has 4 nitrogen and oxygen atoms in total. The molecule has 19 heavy (non-hydrogen) atoms. The zero-order valence-corrected chi connectivity index (χ0v) is 12.2. The van der Waals surface area contributed by atoms with Gasteiger partial charge in [0.05, 0.1) is 18.3 Å². The fourth-order valence-corrected chi connectivity index (χ4v) is 1.85. The van der Waals surface area contributed by atoms with Gasteiger partial charge in [0.25, 0.3) is 0 Å². The molecule has 1 rings (SSSR count). The summed E-state index contributed by atoms with van der Waals surface area (Å²) in [5.41, 5.74) is 7.64. The van der Waals surface area contributed by atoms with Crippen LogP contribution in [0.4, 0.5) is 5.69 Å².